The summed E-state index contributed by atoms with van der Waals surface area (Å²) in [5.74, 6) is 0.113. The van der Waals surface area contributed by atoms with Gasteiger partial charge >= 0.3 is 0 Å². The summed E-state index contributed by atoms with van der Waals surface area (Å²) in [5, 5.41) is 2.26. The molecule has 3 rings (SSSR count). The van der Waals surface area contributed by atoms with Gasteiger partial charge in [-0.25, -0.2) is 0 Å². The number of ketones is 1. The number of benzene rings is 2. The number of fused-ring (bicyclic) bond motifs is 1. The Morgan fingerprint density at radius 3 is 2.60 bits per heavy atom. The number of rotatable bonds is 3. The van der Waals surface area contributed by atoms with Crippen LogP contribution in [0.2, 0.25) is 0 Å². The minimum atomic E-state index is 0.113. The Hall–Kier alpha value is -2.00. The minimum Gasteiger partial charge on any atom is -0.287 e. The van der Waals surface area contributed by atoms with E-state index in [0.29, 0.717) is 6.54 Å². The van der Waals surface area contributed by atoms with Gasteiger partial charge in [-0.15, -0.1) is 0 Å². The maximum atomic E-state index is 12.2. The second kappa shape index (κ2) is 5.55. The zero-order valence-corrected chi connectivity index (χ0v) is 12.4. The van der Waals surface area contributed by atoms with Gasteiger partial charge in [-0.2, -0.15) is 4.57 Å². The number of pyridine rings is 1. The highest BCUT2D eigenvalue weighted by molar-refractivity contribution is 9.10. The first-order valence-corrected chi connectivity index (χ1v) is 7.19. The van der Waals surface area contributed by atoms with Gasteiger partial charge in [0, 0.05) is 16.1 Å². The first kappa shape index (κ1) is 13.0. The Kier molecular flexibility index (Phi) is 3.61. The van der Waals surface area contributed by atoms with E-state index in [1.807, 2.05) is 65.5 Å². The molecule has 0 bridgehead atoms. The summed E-state index contributed by atoms with van der Waals surface area (Å²) in [6.45, 7) is 0.348. The van der Waals surface area contributed by atoms with Gasteiger partial charge in [0.25, 0.3) is 0 Å². The molecule has 0 radical (unpaired) electrons. The first-order valence-electron chi connectivity index (χ1n) is 6.39. The van der Waals surface area contributed by atoms with E-state index in [2.05, 4.69) is 22.0 Å². The molecule has 0 N–H and O–H groups in total. The Morgan fingerprint density at radius 2 is 1.80 bits per heavy atom. The van der Waals surface area contributed by atoms with Gasteiger partial charge in [0.1, 0.15) is 0 Å². The molecule has 0 aliphatic rings. The largest absolute Gasteiger partial charge is 0.287 e. The Morgan fingerprint density at radius 1 is 1.00 bits per heavy atom. The molecule has 0 unspecified atom stereocenters. The van der Waals surface area contributed by atoms with Crippen molar-refractivity contribution in [3.05, 3.63) is 77.0 Å². The summed E-state index contributed by atoms with van der Waals surface area (Å²) in [6, 6.07) is 17.5. The summed E-state index contributed by atoms with van der Waals surface area (Å²) in [5.41, 5.74) is 0.743. The molecule has 0 aliphatic carbocycles. The van der Waals surface area contributed by atoms with Gasteiger partial charge in [0.15, 0.2) is 12.4 Å². The van der Waals surface area contributed by atoms with Crippen molar-refractivity contribution in [2.45, 2.75) is 6.54 Å². The van der Waals surface area contributed by atoms with Crippen LogP contribution in [0.1, 0.15) is 10.4 Å². The SMILES string of the molecule is O=C(C[n+]1ccc2cccc(Br)c2c1)c1ccccc1. The summed E-state index contributed by atoms with van der Waals surface area (Å²) in [4.78, 5) is 12.2. The third-order valence-electron chi connectivity index (χ3n) is 3.25. The van der Waals surface area contributed by atoms with Crippen LogP contribution in [-0.2, 0) is 6.54 Å². The van der Waals surface area contributed by atoms with Crippen LogP contribution in [0.5, 0.6) is 0 Å². The lowest BCUT2D eigenvalue weighted by Crippen LogP contribution is -2.37. The predicted octanol–water partition coefficient (Wildman–Crippen LogP) is 3.77. The lowest BCUT2D eigenvalue weighted by molar-refractivity contribution is -0.681. The molecule has 0 saturated carbocycles. The van der Waals surface area contributed by atoms with Crippen LogP contribution in [0, 0.1) is 0 Å². The van der Waals surface area contributed by atoms with Crippen molar-refractivity contribution < 1.29 is 9.36 Å². The van der Waals surface area contributed by atoms with Crippen molar-refractivity contribution >= 4 is 32.5 Å². The Balaban J connectivity index is 1.92. The summed E-state index contributed by atoms with van der Waals surface area (Å²) in [6.07, 6.45) is 3.94. The van der Waals surface area contributed by atoms with Crippen molar-refractivity contribution in [3.8, 4) is 0 Å². The smallest absolute Gasteiger partial charge is 0.227 e. The highest BCUT2D eigenvalue weighted by atomic mass is 79.9. The fourth-order valence-corrected chi connectivity index (χ4v) is 2.68. The Labute approximate surface area is 125 Å². The fraction of sp³-hybridized carbons (Fsp3) is 0.0588. The van der Waals surface area contributed by atoms with Crippen LogP contribution in [0.15, 0.2) is 71.5 Å². The maximum Gasteiger partial charge on any atom is 0.227 e. The summed E-state index contributed by atoms with van der Waals surface area (Å²) >= 11 is 3.54. The summed E-state index contributed by atoms with van der Waals surface area (Å²) < 4.78 is 2.96. The van der Waals surface area contributed by atoms with E-state index in [1.165, 1.54) is 0 Å². The number of halogens is 1. The number of aromatic nitrogens is 1. The van der Waals surface area contributed by atoms with Gasteiger partial charge < -0.3 is 0 Å². The average Bonchev–Trinajstić information content (AvgIpc) is 2.49. The maximum absolute atomic E-state index is 12.2. The number of hydrogen-bond donors (Lipinski definition) is 0. The van der Waals surface area contributed by atoms with Gasteiger partial charge in [0.2, 0.25) is 12.3 Å². The van der Waals surface area contributed by atoms with E-state index < -0.39 is 0 Å². The van der Waals surface area contributed by atoms with Crippen LogP contribution in [0.25, 0.3) is 10.8 Å². The molecular weight excluding hydrogens is 314 g/mol. The third-order valence-corrected chi connectivity index (χ3v) is 3.94. The van der Waals surface area contributed by atoms with Gasteiger partial charge in [-0.3, -0.25) is 4.79 Å². The topological polar surface area (TPSA) is 20.9 Å². The molecule has 0 aliphatic heterocycles. The second-order valence-electron chi connectivity index (χ2n) is 4.65. The van der Waals surface area contributed by atoms with Crippen LogP contribution in [0.4, 0.5) is 0 Å². The molecule has 3 aromatic rings. The van der Waals surface area contributed by atoms with Gasteiger partial charge in [0.05, 0.1) is 5.39 Å². The van der Waals surface area contributed by atoms with Crippen LogP contribution >= 0.6 is 15.9 Å². The molecule has 0 amide bonds. The first-order chi connectivity index (χ1) is 9.74. The molecule has 1 aromatic heterocycles. The van der Waals surface area contributed by atoms with E-state index >= 15 is 0 Å². The average molecular weight is 327 g/mol. The molecule has 2 nitrogen and oxygen atoms in total. The minimum absolute atomic E-state index is 0.113. The molecule has 98 valence electrons. The normalized spacial score (nSPS) is 10.7. The summed E-state index contributed by atoms with van der Waals surface area (Å²) in [7, 11) is 0. The zero-order valence-electron chi connectivity index (χ0n) is 10.8. The van der Waals surface area contributed by atoms with E-state index in [1.54, 1.807) is 0 Å². The number of Topliss-reactive ketones (excluding diaryl/α,β-unsaturated/α-hetero) is 1. The molecule has 0 spiro atoms. The molecule has 0 saturated heterocycles. The Bertz CT molecular complexity index is 768. The van der Waals surface area contributed by atoms with Crippen LogP contribution in [-0.4, -0.2) is 5.78 Å². The molecule has 0 atom stereocenters. The number of nitrogens with zero attached hydrogens (tertiary/aromatic N) is 1. The van der Waals surface area contributed by atoms with E-state index in [9.17, 15) is 4.79 Å². The van der Waals surface area contributed by atoms with E-state index in [-0.39, 0.29) is 5.78 Å². The second-order valence-corrected chi connectivity index (χ2v) is 5.50. The molecule has 1 heterocycles. The van der Waals surface area contributed by atoms with Crippen LogP contribution < -0.4 is 4.57 Å². The fourth-order valence-electron chi connectivity index (χ4n) is 2.20. The van der Waals surface area contributed by atoms with Crippen molar-refractivity contribution in [2.24, 2.45) is 0 Å². The number of hydrogen-bond acceptors (Lipinski definition) is 1. The highest BCUT2D eigenvalue weighted by Gasteiger charge is 2.12. The quantitative estimate of drug-likeness (QED) is 0.530. The van der Waals surface area contributed by atoms with Crippen molar-refractivity contribution in [2.75, 3.05) is 0 Å². The van der Waals surface area contributed by atoms with Crippen molar-refractivity contribution in [1.82, 2.24) is 0 Å². The lowest BCUT2D eigenvalue weighted by atomic mass is 10.1. The molecule has 0 fully saturated rings. The van der Waals surface area contributed by atoms with Gasteiger partial charge in [-0.05, 0) is 27.4 Å². The standard InChI is InChI=1S/C17H13BrNO/c18-16-8-4-7-13-9-10-19(11-15(13)16)12-17(20)14-5-2-1-3-6-14/h1-11H,12H2/q+1. The molecule has 20 heavy (non-hydrogen) atoms. The predicted molar refractivity (Wildman–Crippen MR) is 82.6 cm³/mol. The monoisotopic (exact) mass is 326 g/mol. The third kappa shape index (κ3) is 2.63. The van der Waals surface area contributed by atoms with Gasteiger partial charge in [-0.1, -0.05) is 42.5 Å². The molecule has 3 heteroatoms. The lowest BCUT2D eigenvalue weighted by Gasteiger charge is -2.01. The van der Waals surface area contributed by atoms with E-state index in [4.69, 9.17) is 0 Å². The van der Waals surface area contributed by atoms with Crippen LogP contribution in [0.3, 0.4) is 0 Å². The highest BCUT2D eigenvalue weighted by Crippen LogP contribution is 2.21. The zero-order chi connectivity index (χ0) is 13.9. The molecular formula is C17H13BrNO+. The van der Waals surface area contributed by atoms with E-state index in [0.717, 1.165) is 20.8 Å². The number of carbonyl (C=O) groups excluding carboxylic acids is 1. The van der Waals surface area contributed by atoms with Crippen molar-refractivity contribution in [3.63, 3.8) is 0 Å². The number of carbonyl (C=O) groups is 1. The van der Waals surface area contributed by atoms with Crippen molar-refractivity contribution in [1.29, 1.82) is 0 Å². The molecule has 2 aromatic carbocycles.